The SMILES string of the molecule is CC1OCCC1C(NN)c1cc(F)cc(F)c1. The minimum Gasteiger partial charge on any atom is -0.378 e. The van der Waals surface area contributed by atoms with Crippen molar-refractivity contribution in [3.05, 3.63) is 35.4 Å². The van der Waals surface area contributed by atoms with Crippen LogP contribution in [0.5, 0.6) is 0 Å². The van der Waals surface area contributed by atoms with Gasteiger partial charge < -0.3 is 4.74 Å². The van der Waals surface area contributed by atoms with Crippen molar-refractivity contribution < 1.29 is 13.5 Å². The molecular formula is C12H16F2N2O. The Hall–Kier alpha value is -1.04. The van der Waals surface area contributed by atoms with Crippen molar-refractivity contribution in [1.82, 2.24) is 5.43 Å². The number of ether oxygens (including phenoxy) is 1. The van der Waals surface area contributed by atoms with E-state index in [4.69, 9.17) is 10.6 Å². The van der Waals surface area contributed by atoms with Gasteiger partial charge in [0.2, 0.25) is 0 Å². The Bertz CT molecular complexity index is 380. The second kappa shape index (κ2) is 5.08. The topological polar surface area (TPSA) is 47.3 Å². The molecular weight excluding hydrogens is 226 g/mol. The van der Waals surface area contributed by atoms with Crippen molar-refractivity contribution >= 4 is 0 Å². The lowest BCUT2D eigenvalue weighted by Gasteiger charge is -2.25. The lowest BCUT2D eigenvalue weighted by molar-refractivity contribution is 0.0953. The van der Waals surface area contributed by atoms with Gasteiger partial charge in [-0.25, -0.2) is 8.78 Å². The fourth-order valence-corrected chi connectivity index (χ4v) is 2.41. The molecule has 94 valence electrons. The molecule has 1 aromatic rings. The van der Waals surface area contributed by atoms with Gasteiger partial charge in [-0.15, -0.1) is 0 Å². The molecule has 5 heteroatoms. The first-order chi connectivity index (χ1) is 8.11. The number of rotatable bonds is 3. The Labute approximate surface area is 98.9 Å². The van der Waals surface area contributed by atoms with Crippen LogP contribution in [0.3, 0.4) is 0 Å². The minimum atomic E-state index is -0.591. The van der Waals surface area contributed by atoms with Crippen LogP contribution >= 0.6 is 0 Å². The lowest BCUT2D eigenvalue weighted by atomic mass is 9.88. The average Bonchev–Trinajstić information content (AvgIpc) is 2.65. The van der Waals surface area contributed by atoms with E-state index < -0.39 is 11.6 Å². The zero-order chi connectivity index (χ0) is 12.4. The number of nitrogens with two attached hydrogens (primary N) is 1. The van der Waals surface area contributed by atoms with Crippen LogP contribution in [0, 0.1) is 17.6 Å². The molecule has 1 saturated heterocycles. The van der Waals surface area contributed by atoms with Gasteiger partial charge in [0.05, 0.1) is 12.1 Å². The molecule has 3 unspecified atom stereocenters. The standard InChI is InChI=1S/C12H16F2N2O/c1-7-11(2-3-17-7)12(16-15)8-4-9(13)6-10(14)5-8/h4-7,11-12,16H,2-3,15H2,1H3. The Morgan fingerprint density at radius 3 is 2.47 bits per heavy atom. The van der Waals surface area contributed by atoms with Gasteiger partial charge in [-0.05, 0) is 31.0 Å². The molecule has 0 amide bonds. The van der Waals surface area contributed by atoms with Crippen LogP contribution in [0.25, 0.3) is 0 Å². The quantitative estimate of drug-likeness (QED) is 0.628. The third-order valence-corrected chi connectivity index (χ3v) is 3.29. The summed E-state index contributed by atoms with van der Waals surface area (Å²) in [4.78, 5) is 0. The largest absolute Gasteiger partial charge is 0.378 e. The van der Waals surface area contributed by atoms with Gasteiger partial charge in [-0.3, -0.25) is 11.3 Å². The van der Waals surface area contributed by atoms with E-state index in [0.717, 1.165) is 12.5 Å². The second-order valence-electron chi connectivity index (χ2n) is 4.38. The van der Waals surface area contributed by atoms with Crippen molar-refractivity contribution in [2.75, 3.05) is 6.61 Å². The summed E-state index contributed by atoms with van der Waals surface area (Å²) in [5, 5.41) is 0. The number of benzene rings is 1. The molecule has 0 spiro atoms. The molecule has 1 heterocycles. The second-order valence-corrected chi connectivity index (χ2v) is 4.38. The maximum atomic E-state index is 13.2. The van der Waals surface area contributed by atoms with Crippen molar-refractivity contribution in [1.29, 1.82) is 0 Å². The highest BCUT2D eigenvalue weighted by atomic mass is 19.1. The number of nitrogens with one attached hydrogen (secondary N) is 1. The van der Waals surface area contributed by atoms with Crippen LogP contribution < -0.4 is 11.3 Å². The van der Waals surface area contributed by atoms with Gasteiger partial charge in [0.25, 0.3) is 0 Å². The number of hydrogen-bond donors (Lipinski definition) is 2. The molecule has 3 nitrogen and oxygen atoms in total. The number of hydrogen-bond acceptors (Lipinski definition) is 3. The summed E-state index contributed by atoms with van der Waals surface area (Å²) in [7, 11) is 0. The minimum absolute atomic E-state index is 0.0300. The monoisotopic (exact) mass is 242 g/mol. The maximum Gasteiger partial charge on any atom is 0.126 e. The average molecular weight is 242 g/mol. The van der Waals surface area contributed by atoms with E-state index in [9.17, 15) is 8.78 Å². The highest BCUT2D eigenvalue weighted by molar-refractivity contribution is 5.22. The third kappa shape index (κ3) is 2.62. The van der Waals surface area contributed by atoms with Gasteiger partial charge in [0.1, 0.15) is 11.6 Å². The van der Waals surface area contributed by atoms with Gasteiger partial charge in [-0.1, -0.05) is 0 Å². The van der Waals surface area contributed by atoms with Gasteiger partial charge in [0, 0.05) is 18.6 Å². The predicted octanol–water partition coefficient (Wildman–Crippen LogP) is 1.89. The van der Waals surface area contributed by atoms with E-state index >= 15 is 0 Å². The zero-order valence-corrected chi connectivity index (χ0v) is 9.62. The van der Waals surface area contributed by atoms with Crippen molar-refractivity contribution in [2.45, 2.75) is 25.5 Å². The molecule has 1 aromatic carbocycles. The highest BCUT2D eigenvalue weighted by Gasteiger charge is 2.32. The van der Waals surface area contributed by atoms with Gasteiger partial charge in [0.15, 0.2) is 0 Å². The first kappa shape index (κ1) is 12.4. The summed E-state index contributed by atoms with van der Waals surface area (Å²) in [5.74, 6) is 4.44. The molecule has 0 aliphatic carbocycles. The van der Waals surface area contributed by atoms with Crippen LogP contribution in [0.15, 0.2) is 18.2 Å². The Morgan fingerprint density at radius 2 is 2.00 bits per heavy atom. The lowest BCUT2D eigenvalue weighted by Crippen LogP contribution is -2.36. The molecule has 2 rings (SSSR count). The van der Waals surface area contributed by atoms with E-state index in [1.54, 1.807) is 0 Å². The number of hydrazine groups is 1. The van der Waals surface area contributed by atoms with Crippen LogP contribution in [0.2, 0.25) is 0 Å². The van der Waals surface area contributed by atoms with E-state index in [0.29, 0.717) is 12.2 Å². The zero-order valence-electron chi connectivity index (χ0n) is 9.62. The highest BCUT2D eigenvalue weighted by Crippen LogP contribution is 2.33. The van der Waals surface area contributed by atoms with Crippen LogP contribution in [-0.2, 0) is 4.74 Å². The van der Waals surface area contributed by atoms with Crippen LogP contribution in [0.4, 0.5) is 8.78 Å². The summed E-state index contributed by atoms with van der Waals surface area (Å²) in [6.45, 7) is 2.60. The fourth-order valence-electron chi connectivity index (χ4n) is 2.41. The smallest absolute Gasteiger partial charge is 0.126 e. The molecule has 3 atom stereocenters. The van der Waals surface area contributed by atoms with Crippen LogP contribution in [0.1, 0.15) is 24.9 Å². The summed E-state index contributed by atoms with van der Waals surface area (Å²) in [5.41, 5.74) is 3.15. The molecule has 1 aliphatic rings. The normalized spacial score (nSPS) is 26.1. The molecule has 0 aromatic heterocycles. The maximum absolute atomic E-state index is 13.2. The van der Waals surface area contributed by atoms with Crippen LogP contribution in [-0.4, -0.2) is 12.7 Å². The van der Waals surface area contributed by atoms with E-state index in [1.165, 1.54) is 12.1 Å². The predicted molar refractivity (Wildman–Crippen MR) is 59.9 cm³/mol. The molecule has 0 radical (unpaired) electrons. The van der Waals surface area contributed by atoms with Gasteiger partial charge >= 0.3 is 0 Å². The van der Waals surface area contributed by atoms with E-state index in [2.05, 4.69) is 5.43 Å². The van der Waals surface area contributed by atoms with Crippen molar-refractivity contribution in [3.8, 4) is 0 Å². The molecule has 0 bridgehead atoms. The Morgan fingerprint density at radius 1 is 1.35 bits per heavy atom. The van der Waals surface area contributed by atoms with Gasteiger partial charge in [-0.2, -0.15) is 0 Å². The molecule has 3 N–H and O–H groups in total. The summed E-state index contributed by atoms with van der Waals surface area (Å²) in [6, 6.07) is 3.17. The van der Waals surface area contributed by atoms with Crippen molar-refractivity contribution in [2.24, 2.45) is 11.8 Å². The summed E-state index contributed by atoms with van der Waals surface area (Å²) in [6.07, 6.45) is 0.858. The Balaban J connectivity index is 2.28. The molecule has 1 aliphatic heterocycles. The molecule has 17 heavy (non-hydrogen) atoms. The van der Waals surface area contributed by atoms with E-state index in [1.807, 2.05) is 6.92 Å². The summed E-state index contributed by atoms with van der Waals surface area (Å²) < 4.78 is 31.8. The van der Waals surface area contributed by atoms with E-state index in [-0.39, 0.29) is 18.1 Å². The molecule has 0 saturated carbocycles. The fraction of sp³-hybridized carbons (Fsp3) is 0.500. The number of halogens is 2. The first-order valence-electron chi connectivity index (χ1n) is 5.65. The van der Waals surface area contributed by atoms with Crippen molar-refractivity contribution in [3.63, 3.8) is 0 Å². The Kier molecular flexibility index (Phi) is 3.71. The first-order valence-corrected chi connectivity index (χ1v) is 5.65. The summed E-state index contributed by atoms with van der Waals surface area (Å²) >= 11 is 0. The molecule has 1 fully saturated rings. The third-order valence-electron chi connectivity index (χ3n) is 3.29.